The Hall–Kier alpha value is -1.63. The summed E-state index contributed by atoms with van der Waals surface area (Å²) in [6.07, 6.45) is 0.0730. The highest BCUT2D eigenvalue weighted by atomic mass is 16.6. The highest BCUT2D eigenvalue weighted by Crippen LogP contribution is 2.10. The summed E-state index contributed by atoms with van der Waals surface area (Å²) in [4.78, 5) is 29.4. The van der Waals surface area contributed by atoms with Gasteiger partial charge in [0.2, 0.25) is 6.10 Å². The Bertz CT molecular complexity index is 353. The van der Waals surface area contributed by atoms with E-state index in [4.69, 9.17) is 9.94 Å². The van der Waals surface area contributed by atoms with Crippen LogP contribution in [-0.2, 0) is 14.4 Å². The molecule has 19 heavy (non-hydrogen) atoms. The maximum absolute atomic E-state index is 11.7. The van der Waals surface area contributed by atoms with Gasteiger partial charge in [-0.25, -0.2) is 4.79 Å². The molecule has 7 heteroatoms. The number of carboxylic acids is 1. The molecule has 108 valence electrons. The lowest BCUT2D eigenvalue weighted by Crippen LogP contribution is -2.37. The molecule has 1 aliphatic rings. The van der Waals surface area contributed by atoms with Crippen molar-refractivity contribution in [3.05, 3.63) is 0 Å². The lowest BCUT2D eigenvalue weighted by Gasteiger charge is -2.18. The minimum Gasteiger partial charge on any atom is -0.477 e. The smallest absolute Gasteiger partial charge is 0.353 e. The number of hydrogen-bond acceptors (Lipinski definition) is 5. The number of hydrogen-bond donors (Lipinski definition) is 2. The number of amides is 1. The molecule has 7 nitrogen and oxygen atoms in total. The lowest BCUT2D eigenvalue weighted by atomic mass is 10.1. The quantitative estimate of drug-likeness (QED) is 0.609. The molecule has 0 aromatic rings. The van der Waals surface area contributed by atoms with Crippen molar-refractivity contribution < 1.29 is 19.5 Å². The van der Waals surface area contributed by atoms with Crippen molar-refractivity contribution >= 4 is 17.6 Å². The van der Waals surface area contributed by atoms with Crippen molar-refractivity contribution in [2.45, 2.75) is 32.8 Å². The average Bonchev–Trinajstić information content (AvgIpc) is 2.88. The van der Waals surface area contributed by atoms with Crippen LogP contribution in [0.1, 0.15) is 26.7 Å². The number of oxime groups is 1. The van der Waals surface area contributed by atoms with E-state index >= 15 is 0 Å². The summed E-state index contributed by atoms with van der Waals surface area (Å²) in [6, 6.07) is 0. The van der Waals surface area contributed by atoms with E-state index in [0.29, 0.717) is 6.54 Å². The Kier molecular flexibility index (Phi) is 6.27. The minimum atomic E-state index is -1.14. The summed E-state index contributed by atoms with van der Waals surface area (Å²) in [5.41, 5.74) is -0.108. The fourth-order valence-corrected chi connectivity index (χ4v) is 1.81. The zero-order chi connectivity index (χ0) is 14.3. The van der Waals surface area contributed by atoms with Gasteiger partial charge < -0.3 is 20.2 Å². The molecule has 1 heterocycles. The molecule has 0 aromatic heterocycles. The van der Waals surface area contributed by atoms with Crippen LogP contribution in [-0.4, -0.2) is 59.9 Å². The van der Waals surface area contributed by atoms with Gasteiger partial charge in [0.1, 0.15) is 0 Å². The normalized spacial score (nSPS) is 18.1. The van der Waals surface area contributed by atoms with Gasteiger partial charge in [0.15, 0.2) is 5.71 Å². The maximum atomic E-state index is 11.7. The van der Waals surface area contributed by atoms with Crippen molar-refractivity contribution in [1.29, 1.82) is 0 Å². The van der Waals surface area contributed by atoms with E-state index in [1.807, 2.05) is 0 Å². The highest BCUT2D eigenvalue weighted by Gasteiger charge is 2.31. The van der Waals surface area contributed by atoms with Gasteiger partial charge in [0.05, 0.1) is 0 Å². The summed E-state index contributed by atoms with van der Waals surface area (Å²) in [5, 5.41) is 14.8. The molecule has 0 saturated heterocycles. The SMILES string of the molecule is CCN(CC)CCCNC(=O)C1CC(C(=O)O)=NO1. The Morgan fingerprint density at radius 3 is 2.68 bits per heavy atom. The number of nitrogens with zero attached hydrogens (tertiary/aromatic N) is 2. The largest absolute Gasteiger partial charge is 0.477 e. The van der Waals surface area contributed by atoms with Crippen LogP contribution in [0.4, 0.5) is 0 Å². The molecule has 1 atom stereocenters. The van der Waals surface area contributed by atoms with Crippen LogP contribution < -0.4 is 5.32 Å². The summed E-state index contributed by atoms with van der Waals surface area (Å²) >= 11 is 0. The van der Waals surface area contributed by atoms with Crippen LogP contribution in [0.25, 0.3) is 0 Å². The molecule has 1 unspecified atom stereocenters. The van der Waals surface area contributed by atoms with Crippen LogP contribution in [0.15, 0.2) is 5.16 Å². The number of rotatable bonds is 8. The topological polar surface area (TPSA) is 91.2 Å². The molecular weight excluding hydrogens is 250 g/mol. The predicted octanol–water partition coefficient (Wildman–Crippen LogP) is 0.0640. The van der Waals surface area contributed by atoms with Crippen LogP contribution in [0.5, 0.6) is 0 Å². The third-order valence-electron chi connectivity index (χ3n) is 3.05. The molecule has 2 N–H and O–H groups in total. The van der Waals surface area contributed by atoms with E-state index in [9.17, 15) is 9.59 Å². The zero-order valence-corrected chi connectivity index (χ0v) is 11.4. The van der Waals surface area contributed by atoms with E-state index in [-0.39, 0.29) is 18.0 Å². The number of carboxylic acid groups (broad SMARTS) is 1. The lowest BCUT2D eigenvalue weighted by molar-refractivity contribution is -0.131. The van der Waals surface area contributed by atoms with Gasteiger partial charge in [-0.05, 0) is 26.1 Å². The van der Waals surface area contributed by atoms with Crippen LogP contribution >= 0.6 is 0 Å². The summed E-state index contributed by atoms with van der Waals surface area (Å²) in [5.74, 6) is -1.45. The monoisotopic (exact) mass is 271 g/mol. The molecule has 1 rings (SSSR count). The second-order valence-electron chi connectivity index (χ2n) is 4.31. The van der Waals surface area contributed by atoms with E-state index in [1.54, 1.807) is 0 Å². The van der Waals surface area contributed by atoms with Gasteiger partial charge in [-0.2, -0.15) is 0 Å². The number of aliphatic carboxylic acids is 1. The van der Waals surface area contributed by atoms with Crippen LogP contribution in [0.3, 0.4) is 0 Å². The molecule has 1 amide bonds. The van der Waals surface area contributed by atoms with Crippen molar-refractivity contribution in [2.24, 2.45) is 5.16 Å². The van der Waals surface area contributed by atoms with Gasteiger partial charge in [-0.15, -0.1) is 0 Å². The second-order valence-corrected chi connectivity index (χ2v) is 4.31. The van der Waals surface area contributed by atoms with E-state index in [1.165, 1.54) is 0 Å². The Balaban J connectivity index is 2.18. The van der Waals surface area contributed by atoms with Crippen molar-refractivity contribution in [3.63, 3.8) is 0 Å². The summed E-state index contributed by atoms with van der Waals surface area (Å²) in [6.45, 7) is 7.66. The number of carbonyl (C=O) groups is 2. The third-order valence-corrected chi connectivity index (χ3v) is 3.05. The molecule has 0 aliphatic carbocycles. The van der Waals surface area contributed by atoms with Gasteiger partial charge in [0.25, 0.3) is 5.91 Å². The molecule has 0 aromatic carbocycles. The van der Waals surface area contributed by atoms with Gasteiger partial charge in [-0.1, -0.05) is 19.0 Å². The zero-order valence-electron chi connectivity index (χ0n) is 11.4. The van der Waals surface area contributed by atoms with Gasteiger partial charge in [0, 0.05) is 13.0 Å². The van der Waals surface area contributed by atoms with Crippen LogP contribution in [0, 0.1) is 0 Å². The predicted molar refractivity (Wildman–Crippen MR) is 70.0 cm³/mol. The molecule has 0 spiro atoms. The molecule has 0 saturated carbocycles. The Morgan fingerprint density at radius 2 is 2.16 bits per heavy atom. The molecule has 0 radical (unpaired) electrons. The minimum absolute atomic E-state index is 0.0250. The summed E-state index contributed by atoms with van der Waals surface area (Å²) < 4.78 is 0. The highest BCUT2D eigenvalue weighted by molar-refractivity contribution is 6.36. The van der Waals surface area contributed by atoms with Crippen molar-refractivity contribution in [1.82, 2.24) is 10.2 Å². The van der Waals surface area contributed by atoms with E-state index in [2.05, 4.69) is 29.2 Å². The first-order valence-corrected chi connectivity index (χ1v) is 6.54. The fraction of sp³-hybridized carbons (Fsp3) is 0.750. The summed E-state index contributed by atoms with van der Waals surface area (Å²) in [7, 11) is 0. The van der Waals surface area contributed by atoms with Gasteiger partial charge in [-0.3, -0.25) is 4.79 Å². The first-order chi connectivity index (χ1) is 9.08. The molecule has 0 bridgehead atoms. The first kappa shape index (κ1) is 15.4. The van der Waals surface area contributed by atoms with Crippen molar-refractivity contribution in [3.8, 4) is 0 Å². The Morgan fingerprint density at radius 1 is 1.47 bits per heavy atom. The van der Waals surface area contributed by atoms with Crippen molar-refractivity contribution in [2.75, 3.05) is 26.2 Å². The molecule has 0 fully saturated rings. The first-order valence-electron chi connectivity index (χ1n) is 6.54. The number of nitrogens with one attached hydrogen (secondary N) is 1. The average molecular weight is 271 g/mol. The molecular formula is C12H21N3O4. The van der Waals surface area contributed by atoms with E-state index in [0.717, 1.165) is 26.1 Å². The maximum Gasteiger partial charge on any atom is 0.353 e. The Labute approximate surface area is 112 Å². The third kappa shape index (κ3) is 4.86. The molecule has 1 aliphatic heterocycles. The van der Waals surface area contributed by atoms with Gasteiger partial charge >= 0.3 is 5.97 Å². The van der Waals surface area contributed by atoms with E-state index < -0.39 is 12.1 Å². The second kappa shape index (κ2) is 7.73. The standard InChI is InChI=1S/C12H21N3O4/c1-3-15(4-2)7-5-6-13-11(16)10-8-9(12(17)18)14-19-10/h10H,3-8H2,1-2H3,(H,13,16)(H,17,18). The van der Waals surface area contributed by atoms with Crippen LogP contribution in [0.2, 0.25) is 0 Å². The number of carbonyl (C=O) groups excluding carboxylic acids is 1. The fourth-order valence-electron chi connectivity index (χ4n) is 1.81.